The molecule has 0 aliphatic carbocycles. The topological polar surface area (TPSA) is 81.7 Å². The lowest BCUT2D eigenvalue weighted by molar-refractivity contribution is 0.0752. The number of fused-ring (bicyclic) bond motifs is 1. The summed E-state index contributed by atoms with van der Waals surface area (Å²) in [4.78, 5) is 18.7. The number of pyridine rings is 1. The van der Waals surface area contributed by atoms with Crippen LogP contribution < -0.4 is 0 Å². The summed E-state index contributed by atoms with van der Waals surface area (Å²) in [5, 5.41) is 13.2. The number of aryl methyl sites for hydroxylation is 1. The van der Waals surface area contributed by atoms with Crippen LogP contribution in [0.5, 0.6) is 0 Å². The van der Waals surface area contributed by atoms with E-state index in [-0.39, 0.29) is 5.91 Å². The van der Waals surface area contributed by atoms with Crippen LogP contribution in [0, 0.1) is 0 Å². The van der Waals surface area contributed by atoms with Crippen LogP contribution >= 0.6 is 11.6 Å². The van der Waals surface area contributed by atoms with Gasteiger partial charge in [0, 0.05) is 58.1 Å². The summed E-state index contributed by atoms with van der Waals surface area (Å²) in [6.45, 7) is 1.78. The van der Waals surface area contributed by atoms with Crippen molar-refractivity contribution in [3.05, 3.63) is 58.7 Å². The molecule has 0 aromatic carbocycles. The summed E-state index contributed by atoms with van der Waals surface area (Å²) >= 11 is 6.12. The number of carbonyl (C=O) groups excluding carboxylic acids is 1. The zero-order valence-electron chi connectivity index (χ0n) is 14.3. The van der Waals surface area contributed by atoms with E-state index < -0.39 is 0 Å². The van der Waals surface area contributed by atoms with Crippen molar-refractivity contribution in [2.75, 3.05) is 13.1 Å². The van der Waals surface area contributed by atoms with Gasteiger partial charge in [-0.3, -0.25) is 14.5 Å². The molecule has 0 fully saturated rings. The summed E-state index contributed by atoms with van der Waals surface area (Å²) in [5.74, 6) is 1.63. The highest BCUT2D eigenvalue weighted by atomic mass is 35.5. The molecule has 8 nitrogen and oxygen atoms in total. The number of nitrogens with zero attached hydrogens (tertiary/aromatic N) is 7. The molecule has 0 saturated carbocycles. The fourth-order valence-electron chi connectivity index (χ4n) is 3.16. The number of aromatic nitrogens is 6. The van der Waals surface area contributed by atoms with Crippen molar-refractivity contribution in [2.24, 2.45) is 7.05 Å². The number of carbonyl (C=O) groups is 1. The summed E-state index contributed by atoms with van der Waals surface area (Å²) in [5.41, 5.74) is 1.38. The molecule has 0 bridgehead atoms. The average molecular weight is 372 g/mol. The largest absolute Gasteiger partial charge is 0.335 e. The van der Waals surface area contributed by atoms with E-state index in [1.165, 1.54) is 0 Å². The van der Waals surface area contributed by atoms with E-state index in [0.29, 0.717) is 43.2 Å². The molecule has 3 aromatic heterocycles. The van der Waals surface area contributed by atoms with E-state index in [1.807, 2.05) is 18.3 Å². The van der Waals surface area contributed by atoms with E-state index >= 15 is 0 Å². The molecule has 1 amide bonds. The zero-order valence-corrected chi connectivity index (χ0v) is 15.1. The minimum atomic E-state index is -0.150. The Bertz CT molecular complexity index is 934. The van der Waals surface area contributed by atoms with Crippen LogP contribution in [0.2, 0.25) is 5.02 Å². The fourth-order valence-corrected chi connectivity index (χ4v) is 3.42. The van der Waals surface area contributed by atoms with Gasteiger partial charge < -0.3 is 9.47 Å². The van der Waals surface area contributed by atoms with Gasteiger partial charge in [0.25, 0.3) is 5.91 Å². The van der Waals surface area contributed by atoms with Crippen LogP contribution in [0.15, 0.2) is 30.7 Å². The number of halogens is 1. The van der Waals surface area contributed by atoms with Gasteiger partial charge >= 0.3 is 0 Å². The van der Waals surface area contributed by atoms with Crippen molar-refractivity contribution in [3.63, 3.8) is 0 Å². The van der Waals surface area contributed by atoms with E-state index in [4.69, 9.17) is 11.6 Å². The second-order valence-electron chi connectivity index (χ2n) is 6.26. The highest BCUT2D eigenvalue weighted by Gasteiger charge is 2.25. The molecule has 134 valence electrons. The van der Waals surface area contributed by atoms with Crippen LogP contribution in [0.3, 0.4) is 0 Å². The Kier molecular flexibility index (Phi) is 4.42. The maximum atomic E-state index is 12.7. The van der Waals surface area contributed by atoms with Gasteiger partial charge in [-0.2, -0.15) is 5.10 Å². The van der Waals surface area contributed by atoms with Crippen molar-refractivity contribution in [1.29, 1.82) is 0 Å². The lowest BCUT2D eigenvalue weighted by atomic mass is 10.2. The van der Waals surface area contributed by atoms with Gasteiger partial charge in [0.1, 0.15) is 11.6 Å². The van der Waals surface area contributed by atoms with Crippen LogP contribution in [0.1, 0.15) is 27.7 Å². The third kappa shape index (κ3) is 3.20. The maximum Gasteiger partial charge on any atom is 0.275 e. The normalized spacial score (nSPS) is 14.2. The Morgan fingerprint density at radius 2 is 2.15 bits per heavy atom. The molecule has 0 unspecified atom stereocenters. The molecule has 9 heteroatoms. The summed E-state index contributed by atoms with van der Waals surface area (Å²) in [7, 11) is 1.75. The minimum absolute atomic E-state index is 0.150. The van der Waals surface area contributed by atoms with Crippen molar-refractivity contribution >= 4 is 17.5 Å². The van der Waals surface area contributed by atoms with E-state index in [1.54, 1.807) is 29.0 Å². The molecule has 26 heavy (non-hydrogen) atoms. The van der Waals surface area contributed by atoms with Gasteiger partial charge in [-0.25, -0.2) is 0 Å². The maximum absolute atomic E-state index is 12.7. The quantitative estimate of drug-likeness (QED) is 0.694. The zero-order chi connectivity index (χ0) is 18.1. The van der Waals surface area contributed by atoms with Crippen molar-refractivity contribution < 1.29 is 4.79 Å². The smallest absolute Gasteiger partial charge is 0.275 e. The predicted octanol–water partition coefficient (Wildman–Crippen LogP) is 1.35. The molecular formula is C17H18ClN7O. The van der Waals surface area contributed by atoms with E-state index in [0.717, 1.165) is 17.2 Å². The first-order chi connectivity index (χ1) is 12.6. The van der Waals surface area contributed by atoms with Crippen LogP contribution in [-0.4, -0.2) is 53.4 Å². The molecule has 0 N–H and O–H groups in total. The standard InChI is InChI=1S/C17H18ClN7O/c1-23-11-13(18)16(22-23)17(26)24-6-4-14-20-21-15(25(14)8-7-24)9-12-3-2-5-19-10-12/h2-3,5,10-11H,4,6-9H2,1H3. The van der Waals surface area contributed by atoms with Crippen molar-refractivity contribution in [2.45, 2.75) is 19.4 Å². The number of hydrogen-bond donors (Lipinski definition) is 0. The molecule has 0 saturated heterocycles. The molecule has 1 aliphatic rings. The molecule has 1 aliphatic heterocycles. The molecule has 4 heterocycles. The Labute approximate surface area is 155 Å². The second kappa shape index (κ2) is 6.87. The highest BCUT2D eigenvalue weighted by molar-refractivity contribution is 6.33. The fraction of sp³-hybridized carbons (Fsp3) is 0.353. The monoisotopic (exact) mass is 371 g/mol. The first-order valence-electron chi connectivity index (χ1n) is 8.40. The minimum Gasteiger partial charge on any atom is -0.335 e. The Morgan fingerprint density at radius 3 is 2.88 bits per heavy atom. The van der Waals surface area contributed by atoms with E-state index in [2.05, 4.69) is 24.8 Å². The molecule has 0 spiro atoms. The van der Waals surface area contributed by atoms with Crippen LogP contribution in [0.25, 0.3) is 0 Å². The third-order valence-electron chi connectivity index (χ3n) is 4.46. The van der Waals surface area contributed by atoms with Crippen molar-refractivity contribution in [3.8, 4) is 0 Å². The van der Waals surface area contributed by atoms with Crippen LogP contribution in [0.4, 0.5) is 0 Å². The molecule has 0 atom stereocenters. The van der Waals surface area contributed by atoms with Crippen molar-refractivity contribution in [1.82, 2.24) is 34.4 Å². The van der Waals surface area contributed by atoms with Crippen LogP contribution in [-0.2, 0) is 26.4 Å². The number of rotatable bonds is 3. The summed E-state index contributed by atoms with van der Waals surface area (Å²) in [6.07, 6.45) is 6.53. The summed E-state index contributed by atoms with van der Waals surface area (Å²) in [6, 6.07) is 3.93. The van der Waals surface area contributed by atoms with Gasteiger partial charge in [0.05, 0.1) is 5.02 Å². The predicted molar refractivity (Wildman–Crippen MR) is 94.9 cm³/mol. The molecular weight excluding hydrogens is 354 g/mol. The first-order valence-corrected chi connectivity index (χ1v) is 8.78. The average Bonchev–Trinajstić information content (AvgIpc) is 3.09. The SMILES string of the molecule is Cn1cc(Cl)c(C(=O)N2CCc3nnc(Cc4cccnc4)n3CC2)n1. The van der Waals surface area contributed by atoms with Gasteiger partial charge in [-0.15, -0.1) is 10.2 Å². The Hall–Kier alpha value is -2.74. The second-order valence-corrected chi connectivity index (χ2v) is 6.67. The van der Waals surface area contributed by atoms with Gasteiger partial charge in [-0.05, 0) is 11.6 Å². The Balaban J connectivity index is 1.51. The molecule has 4 rings (SSSR count). The van der Waals surface area contributed by atoms with E-state index in [9.17, 15) is 4.79 Å². The third-order valence-corrected chi connectivity index (χ3v) is 4.74. The number of amides is 1. The lowest BCUT2D eigenvalue weighted by Gasteiger charge is -2.19. The molecule has 0 radical (unpaired) electrons. The molecule has 3 aromatic rings. The number of hydrogen-bond acceptors (Lipinski definition) is 5. The first kappa shape index (κ1) is 16.7. The van der Waals surface area contributed by atoms with Gasteiger partial charge in [-0.1, -0.05) is 17.7 Å². The lowest BCUT2D eigenvalue weighted by Crippen LogP contribution is -2.34. The Morgan fingerprint density at radius 1 is 1.27 bits per heavy atom. The van der Waals surface area contributed by atoms with Gasteiger partial charge in [0.2, 0.25) is 0 Å². The highest BCUT2D eigenvalue weighted by Crippen LogP contribution is 2.18. The summed E-state index contributed by atoms with van der Waals surface area (Å²) < 4.78 is 3.65. The van der Waals surface area contributed by atoms with Gasteiger partial charge in [0.15, 0.2) is 5.69 Å².